The molecule has 1 aliphatic heterocycles. The molecule has 2 aromatic carbocycles. The Hall–Kier alpha value is -3.81. The summed E-state index contributed by atoms with van der Waals surface area (Å²) < 4.78 is 13.3. The van der Waals surface area contributed by atoms with Crippen LogP contribution in [-0.2, 0) is 16.1 Å². The molecular formula is C29H34FN5O2. The second-order valence-electron chi connectivity index (χ2n) is 9.98. The molecule has 37 heavy (non-hydrogen) atoms. The topological polar surface area (TPSA) is 69.6 Å². The van der Waals surface area contributed by atoms with Gasteiger partial charge in [0.25, 0.3) is 0 Å². The molecule has 3 aromatic rings. The number of benzene rings is 2. The third-order valence-corrected chi connectivity index (χ3v) is 6.50. The van der Waals surface area contributed by atoms with Crippen molar-refractivity contribution in [2.75, 3.05) is 37.6 Å². The number of aryl methyl sites for hydroxylation is 1. The molecule has 8 heteroatoms. The summed E-state index contributed by atoms with van der Waals surface area (Å²) in [6.07, 6.45) is 0.361. The summed E-state index contributed by atoms with van der Waals surface area (Å²) in [6, 6.07) is 18.2. The molecule has 1 saturated heterocycles. The first kappa shape index (κ1) is 26.3. The van der Waals surface area contributed by atoms with Gasteiger partial charge in [-0.15, -0.1) is 10.2 Å². The average Bonchev–Trinajstić information content (AvgIpc) is 2.90. The number of hydrogen-bond donors (Lipinski definition) is 0. The molecule has 1 aromatic heterocycles. The van der Waals surface area contributed by atoms with Crippen LogP contribution in [0.1, 0.15) is 31.4 Å². The molecule has 2 heterocycles. The third kappa shape index (κ3) is 7.12. The quantitative estimate of drug-likeness (QED) is 0.458. The number of carbonyl (C=O) groups is 2. The molecular weight excluding hydrogens is 469 g/mol. The van der Waals surface area contributed by atoms with Gasteiger partial charge in [0.15, 0.2) is 5.82 Å². The molecule has 0 atom stereocenters. The van der Waals surface area contributed by atoms with Gasteiger partial charge in [0.2, 0.25) is 11.8 Å². The number of nitrogens with zero attached hydrogens (tertiary/aromatic N) is 5. The minimum Gasteiger partial charge on any atom is -0.352 e. The zero-order valence-electron chi connectivity index (χ0n) is 21.7. The van der Waals surface area contributed by atoms with Crippen molar-refractivity contribution in [3.63, 3.8) is 0 Å². The lowest BCUT2D eigenvalue weighted by molar-refractivity contribution is -0.141. The van der Waals surface area contributed by atoms with Crippen LogP contribution in [0.5, 0.6) is 0 Å². The minimum absolute atomic E-state index is 0.00792. The van der Waals surface area contributed by atoms with E-state index in [2.05, 4.69) is 34.2 Å². The lowest BCUT2D eigenvalue weighted by Gasteiger charge is -2.36. The minimum atomic E-state index is -0.327. The van der Waals surface area contributed by atoms with Gasteiger partial charge in [-0.05, 0) is 42.7 Å². The first-order chi connectivity index (χ1) is 17.8. The molecule has 4 rings (SSSR count). The average molecular weight is 504 g/mol. The highest BCUT2D eigenvalue weighted by molar-refractivity contribution is 5.85. The van der Waals surface area contributed by atoms with Crippen LogP contribution in [0.3, 0.4) is 0 Å². The number of rotatable bonds is 8. The fraction of sp³-hybridized carbons (Fsp3) is 0.379. The number of carbonyl (C=O) groups excluding carboxylic acids is 2. The van der Waals surface area contributed by atoms with Crippen molar-refractivity contribution in [3.8, 4) is 11.3 Å². The Bertz CT molecular complexity index is 1190. The number of hydrogen-bond acceptors (Lipinski definition) is 5. The highest BCUT2D eigenvalue weighted by Gasteiger charge is 2.26. The summed E-state index contributed by atoms with van der Waals surface area (Å²) >= 11 is 0. The third-order valence-electron chi connectivity index (χ3n) is 6.50. The number of anilines is 1. The van der Waals surface area contributed by atoms with E-state index >= 15 is 0 Å². The van der Waals surface area contributed by atoms with Crippen molar-refractivity contribution in [1.29, 1.82) is 0 Å². The monoisotopic (exact) mass is 503 g/mol. The fourth-order valence-corrected chi connectivity index (χ4v) is 4.34. The Balaban J connectivity index is 1.34. The van der Waals surface area contributed by atoms with E-state index in [0.717, 1.165) is 22.6 Å². The van der Waals surface area contributed by atoms with E-state index in [-0.39, 0.29) is 36.6 Å². The van der Waals surface area contributed by atoms with Gasteiger partial charge in [-0.2, -0.15) is 0 Å². The molecule has 1 fully saturated rings. The van der Waals surface area contributed by atoms with E-state index in [1.807, 2.05) is 38.1 Å². The first-order valence-electron chi connectivity index (χ1n) is 12.7. The predicted octanol–water partition coefficient (Wildman–Crippen LogP) is 4.31. The second-order valence-corrected chi connectivity index (χ2v) is 9.98. The Labute approximate surface area is 217 Å². The van der Waals surface area contributed by atoms with Crippen molar-refractivity contribution >= 4 is 17.6 Å². The lowest BCUT2D eigenvalue weighted by Crippen LogP contribution is -2.52. The smallest absolute Gasteiger partial charge is 0.242 e. The number of piperazine rings is 1. The molecule has 2 amide bonds. The summed E-state index contributed by atoms with van der Waals surface area (Å²) in [4.78, 5) is 31.5. The van der Waals surface area contributed by atoms with Crippen LogP contribution in [0.15, 0.2) is 60.7 Å². The Morgan fingerprint density at radius 3 is 2.19 bits per heavy atom. The summed E-state index contributed by atoms with van der Waals surface area (Å²) in [7, 11) is 0. The molecule has 0 bridgehead atoms. The molecule has 0 N–H and O–H groups in total. The van der Waals surface area contributed by atoms with Crippen molar-refractivity contribution < 1.29 is 14.0 Å². The van der Waals surface area contributed by atoms with Gasteiger partial charge in [-0.1, -0.05) is 55.8 Å². The summed E-state index contributed by atoms with van der Waals surface area (Å²) in [5.74, 6) is 0.482. The van der Waals surface area contributed by atoms with Gasteiger partial charge in [0, 0.05) is 44.7 Å². The normalized spacial score (nSPS) is 13.6. The highest BCUT2D eigenvalue weighted by atomic mass is 19.1. The first-order valence-corrected chi connectivity index (χ1v) is 12.7. The van der Waals surface area contributed by atoms with E-state index in [9.17, 15) is 14.0 Å². The maximum Gasteiger partial charge on any atom is 0.242 e. The fourth-order valence-electron chi connectivity index (χ4n) is 4.34. The van der Waals surface area contributed by atoms with E-state index in [1.165, 1.54) is 17.7 Å². The highest BCUT2D eigenvalue weighted by Crippen LogP contribution is 2.20. The lowest BCUT2D eigenvalue weighted by atomic mass is 10.1. The summed E-state index contributed by atoms with van der Waals surface area (Å²) in [6.45, 7) is 8.66. The van der Waals surface area contributed by atoms with Gasteiger partial charge >= 0.3 is 0 Å². The van der Waals surface area contributed by atoms with Crippen LogP contribution in [0, 0.1) is 18.7 Å². The summed E-state index contributed by atoms with van der Waals surface area (Å²) in [5.41, 5.74) is 3.84. The Morgan fingerprint density at radius 1 is 0.919 bits per heavy atom. The second kappa shape index (κ2) is 12.0. The molecule has 0 saturated carbocycles. The Kier molecular flexibility index (Phi) is 8.48. The zero-order chi connectivity index (χ0) is 26.4. The summed E-state index contributed by atoms with van der Waals surface area (Å²) in [5, 5.41) is 8.81. The predicted molar refractivity (Wildman–Crippen MR) is 142 cm³/mol. The van der Waals surface area contributed by atoms with Crippen molar-refractivity contribution in [1.82, 2.24) is 20.0 Å². The number of amides is 2. The molecule has 0 aliphatic carbocycles. The van der Waals surface area contributed by atoms with Crippen molar-refractivity contribution in [2.24, 2.45) is 5.92 Å². The van der Waals surface area contributed by atoms with Crippen LogP contribution in [0.2, 0.25) is 0 Å². The van der Waals surface area contributed by atoms with Gasteiger partial charge < -0.3 is 14.7 Å². The number of aromatic nitrogens is 2. The van der Waals surface area contributed by atoms with Gasteiger partial charge in [0.05, 0.1) is 5.69 Å². The maximum atomic E-state index is 13.3. The molecule has 0 radical (unpaired) electrons. The van der Waals surface area contributed by atoms with Gasteiger partial charge in [-0.25, -0.2) is 4.39 Å². The van der Waals surface area contributed by atoms with Crippen LogP contribution in [0.25, 0.3) is 11.3 Å². The van der Waals surface area contributed by atoms with Crippen LogP contribution in [0.4, 0.5) is 10.2 Å². The molecule has 1 aliphatic rings. The van der Waals surface area contributed by atoms with Gasteiger partial charge in [-0.3, -0.25) is 9.59 Å². The van der Waals surface area contributed by atoms with Crippen LogP contribution >= 0.6 is 0 Å². The largest absolute Gasteiger partial charge is 0.352 e. The van der Waals surface area contributed by atoms with Gasteiger partial charge in [0.1, 0.15) is 12.4 Å². The van der Waals surface area contributed by atoms with Crippen LogP contribution < -0.4 is 4.90 Å². The van der Waals surface area contributed by atoms with E-state index in [4.69, 9.17) is 0 Å². The maximum absolute atomic E-state index is 13.3. The molecule has 194 valence electrons. The number of halogens is 1. The van der Waals surface area contributed by atoms with E-state index in [1.54, 1.807) is 21.9 Å². The zero-order valence-corrected chi connectivity index (χ0v) is 21.7. The van der Waals surface area contributed by atoms with Crippen LogP contribution in [-0.4, -0.2) is 64.5 Å². The standard InChI is InChI=1S/C29H34FN5O2/c1-21(2)18-28(36)35(19-23-6-10-25(30)11-7-23)20-29(37)34-16-14-33(15-17-34)27-13-12-26(31-32-27)24-8-4-22(3)5-9-24/h4-13,21H,14-20H2,1-3H3. The Morgan fingerprint density at radius 2 is 1.59 bits per heavy atom. The van der Waals surface area contributed by atoms with E-state index in [0.29, 0.717) is 32.6 Å². The van der Waals surface area contributed by atoms with Crippen molar-refractivity contribution in [2.45, 2.75) is 33.7 Å². The molecule has 0 unspecified atom stereocenters. The van der Waals surface area contributed by atoms with E-state index < -0.39 is 0 Å². The molecule has 7 nitrogen and oxygen atoms in total. The van der Waals surface area contributed by atoms with Crippen molar-refractivity contribution in [3.05, 3.63) is 77.6 Å². The SMILES string of the molecule is Cc1ccc(-c2ccc(N3CCN(C(=O)CN(Cc4ccc(F)cc4)C(=O)CC(C)C)CC3)nn2)cc1. The molecule has 0 spiro atoms.